The molecule has 3 heteroatoms. The molecular weight excluding hydrogens is 278 g/mol. The van der Waals surface area contributed by atoms with Gasteiger partial charge >= 0.3 is 0 Å². The van der Waals surface area contributed by atoms with E-state index in [4.69, 9.17) is 0 Å². The van der Waals surface area contributed by atoms with E-state index in [9.17, 15) is 5.11 Å². The minimum absolute atomic E-state index is 0.189. The molecule has 2 aromatic carbocycles. The minimum atomic E-state index is 0.189. The zero-order chi connectivity index (χ0) is 12.3. The third-order valence-electron chi connectivity index (χ3n) is 2.64. The van der Waals surface area contributed by atoms with Gasteiger partial charge in [0, 0.05) is 16.2 Å². The molecule has 2 nitrogen and oxygen atoms in total. The van der Waals surface area contributed by atoms with Crippen LogP contribution in [0.2, 0.25) is 0 Å². The van der Waals surface area contributed by atoms with E-state index in [0.717, 1.165) is 15.7 Å². The highest BCUT2D eigenvalue weighted by Crippen LogP contribution is 2.26. The molecule has 0 aliphatic carbocycles. The van der Waals surface area contributed by atoms with Gasteiger partial charge in [-0.3, -0.25) is 0 Å². The van der Waals surface area contributed by atoms with Crippen molar-refractivity contribution in [1.82, 2.24) is 0 Å². The van der Waals surface area contributed by atoms with Crippen LogP contribution in [0.25, 0.3) is 0 Å². The Morgan fingerprint density at radius 2 is 1.71 bits per heavy atom. The SMILES string of the molecule is CC(Nc1ccccc1Br)c1ccc(O)cc1. The van der Waals surface area contributed by atoms with Gasteiger partial charge in [0.15, 0.2) is 0 Å². The summed E-state index contributed by atoms with van der Waals surface area (Å²) in [6.07, 6.45) is 0. The molecule has 0 aromatic heterocycles. The molecule has 0 saturated heterocycles. The fourth-order valence-corrected chi connectivity index (χ4v) is 2.06. The van der Waals surface area contributed by atoms with Crippen molar-refractivity contribution < 1.29 is 5.11 Å². The lowest BCUT2D eigenvalue weighted by Gasteiger charge is -2.16. The summed E-state index contributed by atoms with van der Waals surface area (Å²) in [5.41, 5.74) is 2.20. The van der Waals surface area contributed by atoms with E-state index in [2.05, 4.69) is 28.2 Å². The molecule has 1 atom stereocenters. The lowest BCUT2D eigenvalue weighted by atomic mass is 10.1. The van der Waals surface area contributed by atoms with Crippen LogP contribution in [0.15, 0.2) is 53.0 Å². The molecule has 0 bridgehead atoms. The van der Waals surface area contributed by atoms with Crippen LogP contribution in [0, 0.1) is 0 Å². The zero-order valence-corrected chi connectivity index (χ0v) is 11.1. The fraction of sp³-hybridized carbons (Fsp3) is 0.143. The lowest BCUT2D eigenvalue weighted by Crippen LogP contribution is -2.06. The minimum Gasteiger partial charge on any atom is -0.508 e. The molecule has 0 saturated carbocycles. The van der Waals surface area contributed by atoms with Gasteiger partial charge < -0.3 is 10.4 Å². The number of benzene rings is 2. The summed E-state index contributed by atoms with van der Waals surface area (Å²) < 4.78 is 1.05. The number of phenolic OH excluding ortho intramolecular Hbond substituents is 1. The van der Waals surface area contributed by atoms with E-state index < -0.39 is 0 Å². The van der Waals surface area contributed by atoms with Crippen molar-refractivity contribution in [3.63, 3.8) is 0 Å². The summed E-state index contributed by atoms with van der Waals surface area (Å²) in [7, 11) is 0. The molecule has 17 heavy (non-hydrogen) atoms. The first kappa shape index (κ1) is 12.0. The molecular formula is C14H14BrNO. The van der Waals surface area contributed by atoms with Crippen molar-refractivity contribution in [3.05, 3.63) is 58.6 Å². The van der Waals surface area contributed by atoms with Crippen LogP contribution in [-0.4, -0.2) is 5.11 Å². The summed E-state index contributed by atoms with van der Waals surface area (Å²) in [6.45, 7) is 2.09. The van der Waals surface area contributed by atoms with E-state index >= 15 is 0 Å². The molecule has 0 heterocycles. The molecule has 0 aliphatic heterocycles. The summed E-state index contributed by atoms with van der Waals surface area (Å²) in [4.78, 5) is 0. The lowest BCUT2D eigenvalue weighted by molar-refractivity contribution is 0.475. The van der Waals surface area contributed by atoms with Gasteiger partial charge in [-0.05, 0) is 52.7 Å². The highest BCUT2D eigenvalue weighted by atomic mass is 79.9. The van der Waals surface area contributed by atoms with E-state index in [0.29, 0.717) is 5.75 Å². The molecule has 1 unspecified atom stereocenters. The number of phenols is 1. The predicted octanol–water partition coefficient (Wildman–Crippen LogP) is 4.33. The standard InChI is InChI=1S/C14H14BrNO/c1-10(11-6-8-12(17)9-7-11)16-14-5-3-2-4-13(14)15/h2-10,16-17H,1H3. The number of hydrogen-bond donors (Lipinski definition) is 2. The van der Waals surface area contributed by atoms with Gasteiger partial charge in [-0.25, -0.2) is 0 Å². The largest absolute Gasteiger partial charge is 0.508 e. The average Bonchev–Trinajstić information content (AvgIpc) is 2.33. The number of hydrogen-bond acceptors (Lipinski definition) is 2. The first-order valence-corrected chi connectivity index (χ1v) is 6.26. The van der Waals surface area contributed by atoms with Crippen LogP contribution in [0.4, 0.5) is 5.69 Å². The summed E-state index contributed by atoms with van der Waals surface area (Å²) >= 11 is 3.51. The maximum Gasteiger partial charge on any atom is 0.115 e. The Hall–Kier alpha value is -1.48. The van der Waals surface area contributed by atoms with Gasteiger partial charge in [0.2, 0.25) is 0 Å². The fourth-order valence-electron chi connectivity index (χ4n) is 1.66. The summed E-state index contributed by atoms with van der Waals surface area (Å²) in [5, 5.41) is 12.7. The Morgan fingerprint density at radius 1 is 1.06 bits per heavy atom. The van der Waals surface area contributed by atoms with E-state index in [-0.39, 0.29) is 6.04 Å². The van der Waals surface area contributed by atoms with Crippen molar-refractivity contribution in [1.29, 1.82) is 0 Å². The first-order valence-electron chi connectivity index (χ1n) is 5.47. The monoisotopic (exact) mass is 291 g/mol. The first-order chi connectivity index (χ1) is 8.16. The molecule has 2 N–H and O–H groups in total. The Labute approximate surface area is 109 Å². The van der Waals surface area contributed by atoms with Crippen molar-refractivity contribution in [2.45, 2.75) is 13.0 Å². The van der Waals surface area contributed by atoms with Crippen LogP contribution in [0.3, 0.4) is 0 Å². The molecule has 2 aromatic rings. The van der Waals surface area contributed by atoms with Crippen molar-refractivity contribution in [2.24, 2.45) is 0 Å². The highest BCUT2D eigenvalue weighted by Gasteiger charge is 2.06. The molecule has 88 valence electrons. The van der Waals surface area contributed by atoms with Gasteiger partial charge in [0.1, 0.15) is 5.75 Å². The Kier molecular flexibility index (Phi) is 3.69. The molecule has 0 aliphatic rings. The maximum atomic E-state index is 9.24. The third kappa shape index (κ3) is 3.01. The molecule has 0 spiro atoms. The van der Waals surface area contributed by atoms with Gasteiger partial charge in [-0.2, -0.15) is 0 Å². The number of anilines is 1. The topological polar surface area (TPSA) is 32.3 Å². The highest BCUT2D eigenvalue weighted by molar-refractivity contribution is 9.10. The van der Waals surface area contributed by atoms with Crippen molar-refractivity contribution >= 4 is 21.6 Å². The molecule has 0 radical (unpaired) electrons. The smallest absolute Gasteiger partial charge is 0.115 e. The van der Waals surface area contributed by atoms with Crippen molar-refractivity contribution in [3.8, 4) is 5.75 Å². The Balaban J connectivity index is 2.14. The summed E-state index contributed by atoms with van der Waals surface area (Å²) in [5.74, 6) is 0.293. The number of para-hydroxylation sites is 1. The number of aromatic hydroxyl groups is 1. The number of halogens is 1. The van der Waals surface area contributed by atoms with Crippen molar-refractivity contribution in [2.75, 3.05) is 5.32 Å². The molecule has 2 rings (SSSR count). The van der Waals surface area contributed by atoms with Crippen LogP contribution in [0.5, 0.6) is 5.75 Å². The van der Waals surface area contributed by atoms with E-state index in [1.165, 1.54) is 0 Å². The van der Waals surface area contributed by atoms with Gasteiger partial charge in [-0.1, -0.05) is 24.3 Å². The number of nitrogens with one attached hydrogen (secondary N) is 1. The van der Waals surface area contributed by atoms with Gasteiger partial charge in [0.05, 0.1) is 0 Å². The van der Waals surface area contributed by atoms with E-state index in [1.54, 1.807) is 12.1 Å². The van der Waals surface area contributed by atoms with Crippen LogP contribution in [0.1, 0.15) is 18.5 Å². The van der Waals surface area contributed by atoms with Crippen LogP contribution >= 0.6 is 15.9 Å². The zero-order valence-electron chi connectivity index (χ0n) is 9.52. The van der Waals surface area contributed by atoms with Gasteiger partial charge in [-0.15, -0.1) is 0 Å². The maximum absolute atomic E-state index is 9.24. The quantitative estimate of drug-likeness (QED) is 0.882. The van der Waals surface area contributed by atoms with Gasteiger partial charge in [0.25, 0.3) is 0 Å². The second-order valence-electron chi connectivity index (χ2n) is 3.94. The van der Waals surface area contributed by atoms with Crippen LogP contribution < -0.4 is 5.32 Å². The predicted molar refractivity (Wildman–Crippen MR) is 74.3 cm³/mol. The third-order valence-corrected chi connectivity index (χ3v) is 3.33. The molecule has 0 amide bonds. The normalized spacial score (nSPS) is 12.1. The molecule has 0 fully saturated rings. The average molecular weight is 292 g/mol. The van der Waals surface area contributed by atoms with Crippen LogP contribution in [-0.2, 0) is 0 Å². The second kappa shape index (κ2) is 5.23. The Morgan fingerprint density at radius 3 is 2.35 bits per heavy atom. The second-order valence-corrected chi connectivity index (χ2v) is 4.79. The Bertz CT molecular complexity index is 496. The van der Waals surface area contributed by atoms with E-state index in [1.807, 2.05) is 36.4 Å². The number of rotatable bonds is 3. The summed E-state index contributed by atoms with van der Waals surface area (Å²) in [6, 6.07) is 15.5.